The van der Waals surface area contributed by atoms with Crippen LogP contribution in [0.2, 0.25) is 0 Å². The van der Waals surface area contributed by atoms with Crippen molar-refractivity contribution in [2.45, 2.75) is 83.3 Å². The van der Waals surface area contributed by atoms with Gasteiger partial charge in [-0.15, -0.1) is 0 Å². The van der Waals surface area contributed by atoms with Gasteiger partial charge in [-0.25, -0.2) is 4.79 Å². The van der Waals surface area contributed by atoms with Crippen molar-refractivity contribution in [3.63, 3.8) is 0 Å². The number of hydrogen-bond donors (Lipinski definition) is 0. The van der Waals surface area contributed by atoms with Gasteiger partial charge in [-0.1, -0.05) is 81.4 Å². The molecule has 1 saturated carbocycles. The van der Waals surface area contributed by atoms with Crippen molar-refractivity contribution < 1.29 is 19.1 Å². The molecule has 4 rings (SSSR count). The molecule has 1 aliphatic heterocycles. The molecule has 0 bridgehead atoms. The molecule has 2 aliphatic rings. The molecule has 0 radical (unpaired) electrons. The number of amides is 1. The maximum Gasteiger partial charge on any atom is 0.329 e. The Morgan fingerprint density at radius 3 is 1.97 bits per heavy atom. The van der Waals surface area contributed by atoms with E-state index in [0.717, 1.165) is 25.7 Å². The summed E-state index contributed by atoms with van der Waals surface area (Å²) >= 11 is 0. The van der Waals surface area contributed by atoms with Crippen molar-refractivity contribution in [3.05, 3.63) is 71.8 Å². The normalized spacial score (nSPS) is 20.4. The molecule has 186 valence electrons. The largest absolute Gasteiger partial charge is 0.461 e. The smallest absolute Gasteiger partial charge is 0.329 e. The number of carbonyl (C=O) groups is 3. The van der Waals surface area contributed by atoms with E-state index in [4.69, 9.17) is 4.74 Å². The van der Waals surface area contributed by atoms with Crippen molar-refractivity contribution >= 4 is 17.7 Å². The van der Waals surface area contributed by atoms with Gasteiger partial charge in [0, 0.05) is 17.4 Å². The number of ketones is 1. The van der Waals surface area contributed by atoms with E-state index >= 15 is 0 Å². The SMILES string of the molecule is CCC(C)(C)C(=O)C(=O)N1CCCC1C(=O)OC1CCC(c2ccccc2)(c2ccccc2)CC1. The lowest BCUT2D eigenvalue weighted by Gasteiger charge is -2.41. The molecule has 5 nitrogen and oxygen atoms in total. The average molecular weight is 476 g/mol. The first-order valence-electron chi connectivity index (χ1n) is 13.0. The lowest BCUT2D eigenvalue weighted by atomic mass is 9.65. The standard InChI is InChI=1S/C30H37NO4/c1-4-29(2,3)26(32)27(33)31-21-11-16-25(31)28(34)35-24-17-19-30(20-18-24,22-12-7-5-8-13-22)23-14-9-6-10-15-23/h5-10,12-15,24-25H,4,11,16-21H2,1-3H3. The maximum atomic E-state index is 13.1. The van der Waals surface area contributed by atoms with Gasteiger partial charge in [-0.2, -0.15) is 0 Å². The summed E-state index contributed by atoms with van der Waals surface area (Å²) in [5.41, 5.74) is 1.76. The number of hydrogen-bond acceptors (Lipinski definition) is 4. The minimum absolute atomic E-state index is 0.0983. The summed E-state index contributed by atoms with van der Waals surface area (Å²) in [6, 6.07) is 20.5. The summed E-state index contributed by atoms with van der Waals surface area (Å²) in [6.45, 7) is 5.89. The second-order valence-electron chi connectivity index (χ2n) is 10.7. The van der Waals surface area contributed by atoms with E-state index in [1.54, 1.807) is 13.8 Å². The first-order chi connectivity index (χ1) is 16.8. The van der Waals surface area contributed by atoms with Crippen molar-refractivity contribution in [3.8, 4) is 0 Å². The Hall–Kier alpha value is -2.95. The highest BCUT2D eigenvalue weighted by molar-refractivity contribution is 6.38. The van der Waals surface area contributed by atoms with E-state index < -0.39 is 23.1 Å². The number of ether oxygens (including phenoxy) is 1. The fraction of sp³-hybridized carbons (Fsp3) is 0.500. The third kappa shape index (κ3) is 5.05. The van der Waals surface area contributed by atoms with Crippen molar-refractivity contribution in [2.75, 3.05) is 6.54 Å². The van der Waals surface area contributed by atoms with Gasteiger partial charge in [0.1, 0.15) is 12.1 Å². The second kappa shape index (κ2) is 10.3. The molecule has 2 fully saturated rings. The summed E-state index contributed by atoms with van der Waals surface area (Å²) in [7, 11) is 0. The van der Waals surface area contributed by atoms with Crippen LogP contribution in [0.4, 0.5) is 0 Å². The lowest BCUT2D eigenvalue weighted by molar-refractivity contribution is -0.161. The van der Waals surface area contributed by atoms with Crippen molar-refractivity contribution in [1.29, 1.82) is 0 Å². The zero-order valence-electron chi connectivity index (χ0n) is 21.2. The summed E-state index contributed by atoms with van der Waals surface area (Å²) in [5.74, 6) is -1.34. The Labute approximate surface area is 208 Å². The molecule has 0 N–H and O–H groups in total. The van der Waals surface area contributed by atoms with Gasteiger partial charge < -0.3 is 9.64 Å². The number of benzene rings is 2. The highest BCUT2D eigenvalue weighted by Gasteiger charge is 2.44. The lowest BCUT2D eigenvalue weighted by Crippen LogP contribution is -2.48. The van der Waals surface area contributed by atoms with E-state index in [2.05, 4.69) is 48.5 Å². The Morgan fingerprint density at radius 1 is 0.914 bits per heavy atom. The van der Waals surface area contributed by atoms with Crippen molar-refractivity contribution in [2.24, 2.45) is 5.41 Å². The molecule has 1 saturated heterocycles. The summed E-state index contributed by atoms with van der Waals surface area (Å²) in [6.07, 6.45) is 4.95. The monoisotopic (exact) mass is 475 g/mol. The Morgan fingerprint density at radius 2 is 1.46 bits per heavy atom. The van der Waals surface area contributed by atoms with Crippen LogP contribution in [0.15, 0.2) is 60.7 Å². The van der Waals surface area contributed by atoms with E-state index in [1.165, 1.54) is 16.0 Å². The van der Waals surface area contributed by atoms with Gasteiger partial charge in [-0.05, 0) is 56.1 Å². The van der Waals surface area contributed by atoms with Crippen LogP contribution in [-0.4, -0.2) is 41.3 Å². The number of carbonyl (C=O) groups excluding carboxylic acids is 3. The maximum absolute atomic E-state index is 13.1. The van der Waals surface area contributed by atoms with Crippen LogP contribution in [0, 0.1) is 5.41 Å². The van der Waals surface area contributed by atoms with E-state index in [9.17, 15) is 14.4 Å². The predicted octanol–water partition coefficient (Wildman–Crippen LogP) is 5.45. The fourth-order valence-electron chi connectivity index (χ4n) is 5.54. The zero-order chi connectivity index (χ0) is 25.1. The Balaban J connectivity index is 1.44. The molecule has 1 aliphatic carbocycles. The van der Waals surface area contributed by atoms with Crippen LogP contribution in [0.3, 0.4) is 0 Å². The summed E-state index contributed by atoms with van der Waals surface area (Å²) in [4.78, 5) is 40.3. The molecular weight excluding hydrogens is 438 g/mol. The summed E-state index contributed by atoms with van der Waals surface area (Å²) < 4.78 is 5.97. The van der Waals surface area contributed by atoms with E-state index in [1.807, 2.05) is 19.1 Å². The molecule has 1 unspecified atom stereocenters. The Bertz CT molecular complexity index is 997. The zero-order valence-corrected chi connectivity index (χ0v) is 21.2. The first kappa shape index (κ1) is 25.2. The van der Waals surface area contributed by atoms with Gasteiger partial charge >= 0.3 is 5.97 Å². The minimum atomic E-state index is -0.726. The van der Waals surface area contributed by atoms with Crippen molar-refractivity contribution in [1.82, 2.24) is 4.90 Å². The van der Waals surface area contributed by atoms with Gasteiger partial charge in [0.15, 0.2) is 0 Å². The molecule has 0 aromatic heterocycles. The summed E-state index contributed by atoms with van der Waals surface area (Å²) in [5, 5.41) is 0. The molecule has 2 aromatic carbocycles. The molecule has 0 spiro atoms. The first-order valence-corrected chi connectivity index (χ1v) is 13.0. The molecule has 2 aromatic rings. The average Bonchev–Trinajstić information content (AvgIpc) is 3.40. The van der Waals surface area contributed by atoms with Crippen LogP contribution in [0.1, 0.15) is 76.8 Å². The van der Waals surface area contributed by atoms with Gasteiger partial charge in [0.05, 0.1) is 0 Å². The quantitative estimate of drug-likeness (QED) is 0.394. The minimum Gasteiger partial charge on any atom is -0.461 e. The topological polar surface area (TPSA) is 63.7 Å². The van der Waals surface area contributed by atoms with Gasteiger partial charge in [0.2, 0.25) is 5.78 Å². The van der Waals surface area contributed by atoms with Crippen LogP contribution in [-0.2, 0) is 24.5 Å². The van der Waals surface area contributed by atoms with Crippen LogP contribution in [0.5, 0.6) is 0 Å². The predicted molar refractivity (Wildman–Crippen MR) is 136 cm³/mol. The van der Waals surface area contributed by atoms with E-state index in [-0.39, 0.29) is 17.5 Å². The van der Waals surface area contributed by atoms with Gasteiger partial charge in [0.25, 0.3) is 5.91 Å². The highest BCUT2D eigenvalue weighted by Crippen LogP contribution is 2.45. The van der Waals surface area contributed by atoms with Crippen LogP contribution >= 0.6 is 0 Å². The number of nitrogens with zero attached hydrogens (tertiary/aromatic N) is 1. The fourth-order valence-corrected chi connectivity index (χ4v) is 5.54. The van der Waals surface area contributed by atoms with Gasteiger partial charge in [-0.3, -0.25) is 9.59 Å². The highest BCUT2D eigenvalue weighted by atomic mass is 16.5. The molecule has 35 heavy (non-hydrogen) atoms. The molecule has 1 amide bonds. The van der Waals surface area contributed by atoms with Crippen LogP contribution in [0.25, 0.3) is 0 Å². The molecular formula is C30H37NO4. The number of Topliss-reactive ketones (excluding diaryl/α,β-unsaturated/α-hetero) is 1. The second-order valence-corrected chi connectivity index (χ2v) is 10.7. The molecule has 5 heteroatoms. The molecule has 1 atom stereocenters. The third-order valence-electron chi connectivity index (χ3n) is 8.20. The van der Waals surface area contributed by atoms with Crippen LogP contribution < -0.4 is 0 Å². The Kier molecular flexibility index (Phi) is 7.44. The third-order valence-corrected chi connectivity index (χ3v) is 8.20. The number of likely N-dealkylation sites (tertiary alicyclic amines) is 1. The number of rotatable bonds is 7. The molecule has 1 heterocycles. The number of esters is 1. The van der Waals surface area contributed by atoms with E-state index in [0.29, 0.717) is 25.8 Å².